The highest BCUT2D eigenvalue weighted by Gasteiger charge is 2.68. The van der Waals surface area contributed by atoms with Crippen LogP contribution in [0.1, 0.15) is 47.0 Å². The molecule has 0 radical (unpaired) electrons. The van der Waals surface area contributed by atoms with E-state index >= 15 is 0 Å². The molecule has 0 aromatic carbocycles. The molecule has 17 heavy (non-hydrogen) atoms. The van der Waals surface area contributed by atoms with Gasteiger partial charge < -0.3 is 5.32 Å². The number of nitrogens with one attached hydrogen (secondary N) is 1. The maximum Gasteiger partial charge on any atom is 0.224 e. The molecule has 0 aromatic heterocycles. The normalized spacial score (nSPS) is 34.6. The van der Waals surface area contributed by atoms with E-state index in [1.807, 2.05) is 0 Å². The van der Waals surface area contributed by atoms with Crippen LogP contribution in [-0.2, 0) is 4.79 Å². The van der Waals surface area contributed by atoms with Crippen LogP contribution in [0.5, 0.6) is 0 Å². The maximum atomic E-state index is 12.2. The minimum Gasteiger partial charge on any atom is -0.356 e. The lowest BCUT2D eigenvalue weighted by atomic mass is 10.0. The van der Waals surface area contributed by atoms with Crippen LogP contribution in [-0.4, -0.2) is 17.3 Å². The van der Waals surface area contributed by atoms with Gasteiger partial charge >= 0.3 is 0 Å². The fourth-order valence-corrected chi connectivity index (χ4v) is 4.18. The van der Waals surface area contributed by atoms with Gasteiger partial charge in [-0.15, -0.1) is 0 Å². The molecule has 3 heteroatoms. The summed E-state index contributed by atoms with van der Waals surface area (Å²) < 4.78 is 0. The van der Waals surface area contributed by atoms with Crippen LogP contribution in [0.25, 0.3) is 0 Å². The molecule has 0 heterocycles. The van der Waals surface area contributed by atoms with Gasteiger partial charge in [0.2, 0.25) is 5.91 Å². The summed E-state index contributed by atoms with van der Waals surface area (Å²) in [5.74, 6) is 1.07. The number of hydrogen-bond donors (Lipinski definition) is 1. The lowest BCUT2D eigenvalue weighted by Gasteiger charge is -2.15. The van der Waals surface area contributed by atoms with Crippen LogP contribution in [0.4, 0.5) is 0 Å². The third-order valence-electron chi connectivity index (χ3n) is 5.39. The smallest absolute Gasteiger partial charge is 0.224 e. The highest BCUT2D eigenvalue weighted by atomic mass is 79.9. The van der Waals surface area contributed by atoms with Gasteiger partial charge in [-0.3, -0.25) is 4.79 Å². The van der Waals surface area contributed by atoms with Gasteiger partial charge in [0.1, 0.15) is 0 Å². The van der Waals surface area contributed by atoms with Gasteiger partial charge in [-0.25, -0.2) is 0 Å². The molecule has 2 atom stereocenters. The molecule has 0 aromatic rings. The van der Waals surface area contributed by atoms with E-state index in [1.54, 1.807) is 0 Å². The zero-order valence-electron chi connectivity index (χ0n) is 11.3. The maximum absolute atomic E-state index is 12.2. The van der Waals surface area contributed by atoms with Crippen LogP contribution in [0.3, 0.4) is 0 Å². The molecule has 2 unspecified atom stereocenters. The summed E-state index contributed by atoms with van der Waals surface area (Å²) >= 11 is 3.70. The highest BCUT2D eigenvalue weighted by Crippen LogP contribution is 2.68. The number of carbonyl (C=O) groups excluding carboxylic acids is 1. The third-order valence-corrected chi connectivity index (χ3v) is 6.59. The van der Waals surface area contributed by atoms with Crippen LogP contribution in [0.2, 0.25) is 0 Å². The molecule has 98 valence electrons. The summed E-state index contributed by atoms with van der Waals surface area (Å²) in [6, 6.07) is 0. The van der Waals surface area contributed by atoms with Gasteiger partial charge in [0.25, 0.3) is 0 Å². The van der Waals surface area contributed by atoms with Crippen LogP contribution < -0.4 is 5.32 Å². The van der Waals surface area contributed by atoms with Crippen LogP contribution >= 0.6 is 15.9 Å². The van der Waals surface area contributed by atoms with Crippen molar-refractivity contribution in [2.75, 3.05) is 6.54 Å². The van der Waals surface area contributed by atoms with E-state index in [1.165, 1.54) is 19.3 Å². The Morgan fingerprint density at radius 3 is 2.24 bits per heavy atom. The number of rotatable bonds is 3. The topological polar surface area (TPSA) is 29.1 Å². The van der Waals surface area contributed by atoms with Crippen molar-refractivity contribution in [3.8, 4) is 0 Å². The minimum atomic E-state index is 0.153. The molecule has 2 aliphatic carbocycles. The Morgan fingerprint density at radius 2 is 1.82 bits per heavy atom. The Hall–Kier alpha value is -0.0500. The Labute approximate surface area is 113 Å². The molecule has 0 spiro atoms. The predicted molar refractivity (Wildman–Crippen MR) is 74.1 cm³/mol. The molecular formula is C14H24BrNO. The van der Waals surface area contributed by atoms with Gasteiger partial charge in [-0.2, -0.15) is 0 Å². The number of alkyl halides is 1. The summed E-state index contributed by atoms with van der Waals surface area (Å²) in [4.78, 5) is 12.8. The van der Waals surface area contributed by atoms with Crippen molar-refractivity contribution in [2.24, 2.45) is 22.7 Å². The predicted octanol–water partition coefficient (Wildman–Crippen LogP) is 3.35. The Balaban J connectivity index is 1.83. The first-order chi connectivity index (χ1) is 7.78. The zero-order chi connectivity index (χ0) is 12.8. The van der Waals surface area contributed by atoms with E-state index in [9.17, 15) is 4.79 Å². The molecule has 0 saturated heterocycles. The second-order valence-corrected chi connectivity index (χ2v) is 8.00. The van der Waals surface area contributed by atoms with Gasteiger partial charge in [0.15, 0.2) is 0 Å². The van der Waals surface area contributed by atoms with Gasteiger partial charge in [-0.05, 0) is 29.6 Å². The highest BCUT2D eigenvalue weighted by molar-refractivity contribution is 9.09. The molecule has 0 bridgehead atoms. The van der Waals surface area contributed by atoms with E-state index in [0.717, 1.165) is 6.54 Å². The Bertz CT molecular complexity index is 310. The van der Waals surface area contributed by atoms with Gasteiger partial charge in [-0.1, -0.05) is 50.0 Å². The average molecular weight is 302 g/mol. The van der Waals surface area contributed by atoms with Gasteiger partial charge in [0, 0.05) is 17.3 Å². The summed E-state index contributed by atoms with van der Waals surface area (Å²) in [5, 5.41) is 3.16. The Morgan fingerprint density at radius 1 is 1.24 bits per heavy atom. The molecular weight excluding hydrogens is 278 g/mol. The molecule has 2 saturated carbocycles. The standard InChI is InChI=1S/C14H24BrNO/c1-13(2)11(14(13,3)4)12(17)16-8-9-6-5-7-10(9)15/h9-11H,5-8H2,1-4H3,(H,16,17). The van der Waals surface area contributed by atoms with Crippen molar-refractivity contribution in [3.63, 3.8) is 0 Å². The monoisotopic (exact) mass is 301 g/mol. The number of halogens is 1. The largest absolute Gasteiger partial charge is 0.356 e. The van der Waals surface area contributed by atoms with Crippen molar-refractivity contribution in [1.82, 2.24) is 5.32 Å². The zero-order valence-corrected chi connectivity index (χ0v) is 12.9. The molecule has 0 aliphatic heterocycles. The van der Waals surface area contributed by atoms with E-state index in [2.05, 4.69) is 48.9 Å². The SMILES string of the molecule is CC1(C)C(C(=O)NCC2CCCC2Br)C1(C)C. The average Bonchev–Trinajstić information content (AvgIpc) is 2.53. The first kappa shape index (κ1) is 13.4. The van der Waals surface area contributed by atoms with Crippen LogP contribution in [0.15, 0.2) is 0 Å². The van der Waals surface area contributed by atoms with E-state index in [4.69, 9.17) is 0 Å². The van der Waals surface area contributed by atoms with Crippen molar-refractivity contribution >= 4 is 21.8 Å². The van der Waals surface area contributed by atoms with E-state index in [0.29, 0.717) is 10.7 Å². The molecule has 2 fully saturated rings. The summed E-state index contributed by atoms with van der Waals surface area (Å²) in [6.07, 6.45) is 3.78. The summed E-state index contributed by atoms with van der Waals surface area (Å²) in [6.45, 7) is 9.62. The summed E-state index contributed by atoms with van der Waals surface area (Å²) in [7, 11) is 0. The minimum absolute atomic E-state index is 0.153. The second kappa shape index (κ2) is 4.25. The van der Waals surface area contributed by atoms with Crippen molar-refractivity contribution in [2.45, 2.75) is 51.8 Å². The first-order valence-corrected chi connectivity index (χ1v) is 7.62. The van der Waals surface area contributed by atoms with Crippen molar-refractivity contribution < 1.29 is 4.79 Å². The molecule has 2 nitrogen and oxygen atoms in total. The fourth-order valence-electron chi connectivity index (χ4n) is 3.41. The fraction of sp³-hybridized carbons (Fsp3) is 0.929. The number of hydrogen-bond acceptors (Lipinski definition) is 1. The van der Waals surface area contributed by atoms with Crippen molar-refractivity contribution in [3.05, 3.63) is 0 Å². The van der Waals surface area contributed by atoms with E-state index in [-0.39, 0.29) is 22.7 Å². The molecule has 2 aliphatic rings. The Kier molecular flexibility index (Phi) is 3.35. The van der Waals surface area contributed by atoms with Crippen molar-refractivity contribution in [1.29, 1.82) is 0 Å². The quantitative estimate of drug-likeness (QED) is 0.796. The van der Waals surface area contributed by atoms with Crippen LogP contribution in [0, 0.1) is 22.7 Å². The molecule has 2 rings (SSSR count). The van der Waals surface area contributed by atoms with Gasteiger partial charge in [0.05, 0.1) is 0 Å². The molecule has 1 N–H and O–H groups in total. The number of carbonyl (C=O) groups is 1. The third kappa shape index (κ3) is 2.16. The summed E-state index contributed by atoms with van der Waals surface area (Å²) in [5.41, 5.74) is 0.307. The lowest BCUT2D eigenvalue weighted by molar-refractivity contribution is -0.123. The second-order valence-electron chi connectivity index (χ2n) is 6.83. The molecule has 1 amide bonds. The first-order valence-electron chi connectivity index (χ1n) is 6.70. The van der Waals surface area contributed by atoms with E-state index < -0.39 is 0 Å². The number of amides is 1. The lowest BCUT2D eigenvalue weighted by Crippen LogP contribution is -2.33.